The number of epoxide rings is 1. The van der Waals surface area contributed by atoms with E-state index in [4.69, 9.17) is 9.47 Å². The molecule has 31 heavy (non-hydrogen) atoms. The molecule has 8 nitrogen and oxygen atoms in total. The van der Waals surface area contributed by atoms with E-state index in [9.17, 15) is 14.4 Å². The summed E-state index contributed by atoms with van der Waals surface area (Å²) in [6.45, 7) is -0.108. The molecular weight excluding hydrogens is 400 g/mol. The van der Waals surface area contributed by atoms with Crippen molar-refractivity contribution in [2.45, 2.75) is 37.7 Å². The standard InChI is InChI=1S/C23H26N2O6/c1-29-21(27)13-19-22(31-19)18(12-16-8-4-2-5-9-16)25-20(26)14-24-23(28)30-15-17-10-6-3-7-11-17/h2-11,18-19,22H,12-15H2,1H3,(H,24,28)(H,25,26)/t18-,19?,22?/m1/s1. The van der Waals surface area contributed by atoms with E-state index in [-0.39, 0.29) is 49.7 Å². The van der Waals surface area contributed by atoms with Crippen molar-refractivity contribution in [2.24, 2.45) is 0 Å². The average molecular weight is 426 g/mol. The molecule has 1 heterocycles. The lowest BCUT2D eigenvalue weighted by Crippen LogP contribution is -2.46. The summed E-state index contributed by atoms with van der Waals surface area (Å²) in [6, 6.07) is 18.6. The molecule has 1 aliphatic rings. The fourth-order valence-electron chi connectivity index (χ4n) is 3.22. The Balaban J connectivity index is 1.48. The van der Waals surface area contributed by atoms with Crippen LogP contribution >= 0.6 is 0 Å². The Morgan fingerprint density at radius 1 is 1.00 bits per heavy atom. The number of amides is 2. The summed E-state index contributed by atoms with van der Waals surface area (Å²) in [4.78, 5) is 35.8. The van der Waals surface area contributed by atoms with E-state index < -0.39 is 6.09 Å². The maximum atomic E-state index is 12.4. The zero-order valence-electron chi connectivity index (χ0n) is 17.3. The van der Waals surface area contributed by atoms with Crippen molar-refractivity contribution in [2.75, 3.05) is 13.7 Å². The first-order valence-electron chi connectivity index (χ1n) is 10.0. The van der Waals surface area contributed by atoms with Crippen molar-refractivity contribution in [3.05, 3.63) is 71.8 Å². The van der Waals surface area contributed by atoms with Crippen molar-refractivity contribution >= 4 is 18.0 Å². The van der Waals surface area contributed by atoms with Crippen molar-refractivity contribution in [3.8, 4) is 0 Å². The molecule has 0 radical (unpaired) electrons. The SMILES string of the molecule is COC(=O)CC1OC1[C@@H](Cc1ccccc1)NC(=O)CNC(=O)OCc1ccccc1. The van der Waals surface area contributed by atoms with Crippen LogP contribution in [0.4, 0.5) is 4.79 Å². The molecule has 2 unspecified atom stereocenters. The molecule has 8 heteroatoms. The van der Waals surface area contributed by atoms with Gasteiger partial charge in [-0.25, -0.2) is 4.79 Å². The third-order valence-electron chi connectivity index (χ3n) is 4.86. The Morgan fingerprint density at radius 2 is 1.65 bits per heavy atom. The maximum absolute atomic E-state index is 12.4. The predicted molar refractivity (Wildman–Crippen MR) is 112 cm³/mol. The van der Waals surface area contributed by atoms with E-state index in [1.54, 1.807) is 0 Å². The van der Waals surface area contributed by atoms with E-state index in [0.29, 0.717) is 6.42 Å². The van der Waals surface area contributed by atoms with Gasteiger partial charge in [0.2, 0.25) is 5.91 Å². The van der Waals surface area contributed by atoms with E-state index in [0.717, 1.165) is 11.1 Å². The summed E-state index contributed by atoms with van der Waals surface area (Å²) in [5.41, 5.74) is 1.88. The Kier molecular flexibility index (Phi) is 8.00. The van der Waals surface area contributed by atoms with Crippen LogP contribution in [0.5, 0.6) is 0 Å². The van der Waals surface area contributed by atoms with Crippen molar-refractivity contribution in [1.29, 1.82) is 0 Å². The number of hydrogen-bond acceptors (Lipinski definition) is 6. The molecule has 2 aromatic carbocycles. The predicted octanol–water partition coefficient (Wildman–Crippen LogP) is 1.97. The Bertz CT molecular complexity index is 874. The molecule has 2 N–H and O–H groups in total. The molecule has 0 aliphatic carbocycles. The summed E-state index contributed by atoms with van der Waals surface area (Å²) in [7, 11) is 1.32. The average Bonchev–Trinajstić information content (AvgIpc) is 3.56. The van der Waals surface area contributed by atoms with Crippen LogP contribution in [0.25, 0.3) is 0 Å². The molecule has 1 aliphatic heterocycles. The molecule has 0 bridgehead atoms. The van der Waals surface area contributed by atoms with Gasteiger partial charge in [-0.1, -0.05) is 60.7 Å². The third kappa shape index (κ3) is 7.42. The smallest absolute Gasteiger partial charge is 0.407 e. The Hall–Kier alpha value is -3.39. The first kappa shape index (κ1) is 22.3. The third-order valence-corrected chi connectivity index (χ3v) is 4.86. The summed E-state index contributed by atoms with van der Waals surface area (Å²) >= 11 is 0. The molecule has 164 valence electrons. The summed E-state index contributed by atoms with van der Waals surface area (Å²) in [5, 5.41) is 5.34. The normalized spacial score (nSPS) is 17.8. The highest BCUT2D eigenvalue weighted by atomic mass is 16.6. The minimum Gasteiger partial charge on any atom is -0.469 e. The number of carbonyl (C=O) groups excluding carboxylic acids is 3. The lowest BCUT2D eigenvalue weighted by molar-refractivity contribution is -0.140. The number of hydrogen-bond donors (Lipinski definition) is 2. The van der Waals surface area contributed by atoms with Gasteiger partial charge in [0.15, 0.2) is 0 Å². The maximum Gasteiger partial charge on any atom is 0.407 e. The van der Waals surface area contributed by atoms with Crippen LogP contribution in [0.2, 0.25) is 0 Å². The fourth-order valence-corrected chi connectivity index (χ4v) is 3.22. The van der Waals surface area contributed by atoms with Gasteiger partial charge in [-0.15, -0.1) is 0 Å². The van der Waals surface area contributed by atoms with Gasteiger partial charge in [-0.2, -0.15) is 0 Å². The quantitative estimate of drug-likeness (QED) is 0.444. The highest BCUT2D eigenvalue weighted by molar-refractivity contribution is 5.82. The second-order valence-corrected chi connectivity index (χ2v) is 7.20. The second-order valence-electron chi connectivity index (χ2n) is 7.20. The van der Waals surface area contributed by atoms with Gasteiger partial charge in [0.1, 0.15) is 19.3 Å². The number of esters is 1. The van der Waals surface area contributed by atoms with Gasteiger partial charge in [0, 0.05) is 0 Å². The first-order valence-corrected chi connectivity index (χ1v) is 10.0. The van der Waals surface area contributed by atoms with Gasteiger partial charge < -0.3 is 24.8 Å². The topological polar surface area (TPSA) is 106 Å². The second kappa shape index (κ2) is 11.1. The highest BCUT2D eigenvalue weighted by Gasteiger charge is 2.46. The van der Waals surface area contributed by atoms with Crippen molar-refractivity contribution in [3.63, 3.8) is 0 Å². The van der Waals surface area contributed by atoms with Crippen LogP contribution < -0.4 is 10.6 Å². The van der Waals surface area contributed by atoms with Gasteiger partial charge >= 0.3 is 12.1 Å². The molecule has 2 amide bonds. The van der Waals surface area contributed by atoms with E-state index in [2.05, 4.69) is 15.4 Å². The van der Waals surface area contributed by atoms with Crippen LogP contribution in [0.15, 0.2) is 60.7 Å². The van der Waals surface area contributed by atoms with E-state index in [1.165, 1.54) is 7.11 Å². The zero-order chi connectivity index (χ0) is 22.1. The zero-order valence-corrected chi connectivity index (χ0v) is 17.3. The number of ether oxygens (including phenoxy) is 3. The van der Waals surface area contributed by atoms with Crippen LogP contribution in [0, 0.1) is 0 Å². The molecule has 1 saturated heterocycles. The molecule has 2 aromatic rings. The van der Waals surface area contributed by atoms with Crippen LogP contribution in [-0.4, -0.2) is 49.9 Å². The van der Waals surface area contributed by atoms with Crippen LogP contribution in [0.3, 0.4) is 0 Å². The van der Waals surface area contributed by atoms with Gasteiger partial charge in [-0.05, 0) is 17.5 Å². The highest BCUT2D eigenvalue weighted by Crippen LogP contribution is 2.30. The fraction of sp³-hybridized carbons (Fsp3) is 0.348. The monoisotopic (exact) mass is 426 g/mol. The van der Waals surface area contributed by atoms with Crippen LogP contribution in [-0.2, 0) is 36.8 Å². The molecular formula is C23H26N2O6. The Labute approximate surface area is 180 Å². The van der Waals surface area contributed by atoms with E-state index in [1.807, 2.05) is 60.7 Å². The van der Waals surface area contributed by atoms with Crippen molar-refractivity contribution < 1.29 is 28.6 Å². The molecule has 3 rings (SSSR count). The van der Waals surface area contributed by atoms with Gasteiger partial charge in [0.05, 0.1) is 25.7 Å². The molecule has 0 saturated carbocycles. The largest absolute Gasteiger partial charge is 0.469 e. The summed E-state index contributed by atoms with van der Waals surface area (Å²) < 4.78 is 15.4. The number of carbonyl (C=O) groups is 3. The number of nitrogens with one attached hydrogen (secondary N) is 2. The number of alkyl carbamates (subject to hydrolysis) is 1. The molecule has 3 atom stereocenters. The van der Waals surface area contributed by atoms with Crippen molar-refractivity contribution in [1.82, 2.24) is 10.6 Å². The van der Waals surface area contributed by atoms with Gasteiger partial charge in [0.25, 0.3) is 0 Å². The number of methoxy groups -OCH3 is 1. The number of benzene rings is 2. The van der Waals surface area contributed by atoms with Crippen LogP contribution in [0.1, 0.15) is 17.5 Å². The minimum absolute atomic E-state index is 0.121. The number of rotatable bonds is 10. The molecule has 0 aromatic heterocycles. The lowest BCUT2D eigenvalue weighted by atomic mass is 10.0. The first-order chi connectivity index (χ1) is 15.0. The van der Waals surface area contributed by atoms with E-state index >= 15 is 0 Å². The Morgan fingerprint density at radius 3 is 2.29 bits per heavy atom. The molecule has 0 spiro atoms. The van der Waals surface area contributed by atoms with Gasteiger partial charge in [-0.3, -0.25) is 9.59 Å². The minimum atomic E-state index is -0.676. The molecule has 1 fully saturated rings. The summed E-state index contributed by atoms with van der Waals surface area (Å²) in [6.07, 6.45) is -0.608. The summed E-state index contributed by atoms with van der Waals surface area (Å²) in [5.74, 6) is -0.731. The lowest BCUT2D eigenvalue weighted by Gasteiger charge is -2.17.